The van der Waals surface area contributed by atoms with Gasteiger partial charge in [-0.1, -0.05) is 79.9 Å². The van der Waals surface area contributed by atoms with Crippen molar-refractivity contribution in [2.24, 2.45) is 5.73 Å². The molecule has 2 aliphatic rings. The monoisotopic (exact) mass is 341 g/mol. The molecule has 1 spiro atoms. The lowest BCUT2D eigenvalue weighted by Gasteiger charge is -2.48. The maximum Gasteiger partial charge on any atom is 0.0669 e. The van der Waals surface area contributed by atoms with Gasteiger partial charge in [0.2, 0.25) is 0 Å². The first kappa shape index (κ1) is 16.1. The zero-order valence-electron chi connectivity index (χ0n) is 15.4. The number of fused-ring (bicyclic) bond motifs is 3. The van der Waals surface area contributed by atoms with Crippen LogP contribution in [0.2, 0.25) is 0 Å². The highest BCUT2D eigenvalue weighted by Crippen LogP contribution is 2.52. The maximum atomic E-state index is 7.17. The Balaban J connectivity index is 1.66. The molecular weight excluding hydrogens is 314 g/mol. The van der Waals surface area contributed by atoms with E-state index in [-0.39, 0.29) is 5.54 Å². The Kier molecular flexibility index (Phi) is 3.68. The molecule has 1 nitrogen and oxygen atoms in total. The van der Waals surface area contributed by atoms with Crippen molar-refractivity contribution in [3.63, 3.8) is 0 Å². The number of hydrogen-bond acceptors (Lipinski definition) is 1. The van der Waals surface area contributed by atoms with Gasteiger partial charge in [0.05, 0.1) is 5.54 Å². The highest BCUT2D eigenvalue weighted by atomic mass is 14.8. The summed E-state index contributed by atoms with van der Waals surface area (Å²) in [6.07, 6.45) is 9.04. The topological polar surface area (TPSA) is 26.0 Å². The van der Waals surface area contributed by atoms with E-state index in [1.54, 1.807) is 0 Å². The van der Waals surface area contributed by atoms with E-state index in [1.165, 1.54) is 66.0 Å². The van der Waals surface area contributed by atoms with Gasteiger partial charge in [-0.15, -0.1) is 0 Å². The van der Waals surface area contributed by atoms with Gasteiger partial charge >= 0.3 is 0 Å². The molecule has 2 N–H and O–H groups in total. The predicted molar refractivity (Wildman–Crippen MR) is 109 cm³/mol. The number of rotatable bonds is 1. The zero-order valence-corrected chi connectivity index (χ0v) is 15.4. The van der Waals surface area contributed by atoms with Crippen LogP contribution in [0.15, 0.2) is 66.7 Å². The minimum Gasteiger partial charge on any atom is -0.318 e. The van der Waals surface area contributed by atoms with Crippen LogP contribution in [-0.4, -0.2) is 0 Å². The van der Waals surface area contributed by atoms with Crippen molar-refractivity contribution in [3.05, 3.63) is 83.4 Å². The second kappa shape index (κ2) is 5.96. The molecule has 2 aliphatic carbocycles. The molecule has 26 heavy (non-hydrogen) atoms. The Morgan fingerprint density at radius 1 is 0.615 bits per heavy atom. The smallest absolute Gasteiger partial charge is 0.0669 e. The maximum absolute atomic E-state index is 7.17. The van der Waals surface area contributed by atoms with Crippen LogP contribution in [0, 0.1) is 0 Å². The summed E-state index contributed by atoms with van der Waals surface area (Å²) < 4.78 is 0. The largest absolute Gasteiger partial charge is 0.318 e. The molecular formula is C25H27N. The van der Waals surface area contributed by atoms with Gasteiger partial charge in [0, 0.05) is 0 Å². The van der Waals surface area contributed by atoms with E-state index in [0.29, 0.717) is 5.41 Å². The zero-order chi connectivity index (χ0) is 17.6. The van der Waals surface area contributed by atoms with Crippen LogP contribution in [0.3, 0.4) is 0 Å². The SMILES string of the molecule is NC1(c2ccc3ccccc3c2)CCC2(CCCCC2)c2ccccc21. The average Bonchev–Trinajstić information content (AvgIpc) is 2.72. The molecule has 0 aliphatic heterocycles. The van der Waals surface area contributed by atoms with E-state index < -0.39 is 0 Å². The van der Waals surface area contributed by atoms with Crippen LogP contribution in [0.25, 0.3) is 10.8 Å². The molecule has 0 bridgehead atoms. The van der Waals surface area contributed by atoms with Crippen molar-refractivity contribution >= 4 is 10.8 Å². The quantitative estimate of drug-likeness (QED) is 0.574. The van der Waals surface area contributed by atoms with Gasteiger partial charge in [0.15, 0.2) is 0 Å². The van der Waals surface area contributed by atoms with Crippen molar-refractivity contribution in [2.75, 3.05) is 0 Å². The third-order valence-electron chi connectivity index (χ3n) is 7.05. The van der Waals surface area contributed by atoms with E-state index in [9.17, 15) is 0 Å². The second-order valence-electron chi connectivity index (χ2n) is 8.42. The normalized spacial score (nSPS) is 24.5. The Morgan fingerprint density at radius 3 is 2.12 bits per heavy atom. The number of hydrogen-bond donors (Lipinski definition) is 1. The lowest BCUT2D eigenvalue weighted by molar-refractivity contribution is 0.224. The summed E-state index contributed by atoms with van der Waals surface area (Å²) in [5, 5.41) is 2.57. The summed E-state index contributed by atoms with van der Waals surface area (Å²) in [7, 11) is 0. The van der Waals surface area contributed by atoms with Crippen LogP contribution < -0.4 is 5.73 Å². The van der Waals surface area contributed by atoms with Crippen LogP contribution in [0.1, 0.15) is 61.6 Å². The van der Waals surface area contributed by atoms with Crippen molar-refractivity contribution in [2.45, 2.75) is 55.9 Å². The predicted octanol–water partition coefficient (Wildman–Crippen LogP) is 6.04. The van der Waals surface area contributed by atoms with Gasteiger partial charge in [0.25, 0.3) is 0 Å². The summed E-state index contributed by atoms with van der Waals surface area (Å²) in [5.74, 6) is 0. The molecule has 0 aromatic heterocycles. The second-order valence-corrected chi connectivity index (χ2v) is 8.42. The van der Waals surface area contributed by atoms with Gasteiger partial charge in [-0.2, -0.15) is 0 Å². The molecule has 0 heterocycles. The van der Waals surface area contributed by atoms with Gasteiger partial charge in [-0.25, -0.2) is 0 Å². The standard InChI is InChI=1S/C25H27N/c26-25(21-13-12-19-8-2-3-9-20(19)18-21)17-16-24(14-6-1-7-15-24)22-10-4-5-11-23(22)25/h2-5,8-13,18H,1,6-7,14-17,26H2. The molecule has 1 heteroatoms. The lowest BCUT2D eigenvalue weighted by Crippen LogP contribution is -2.47. The van der Waals surface area contributed by atoms with Crippen LogP contribution in [0.5, 0.6) is 0 Å². The number of benzene rings is 3. The Labute approximate surface area is 156 Å². The summed E-state index contributed by atoms with van der Waals surface area (Å²) in [6, 6.07) is 24.4. The minimum atomic E-state index is -0.372. The van der Waals surface area contributed by atoms with Crippen molar-refractivity contribution in [1.29, 1.82) is 0 Å². The van der Waals surface area contributed by atoms with Crippen LogP contribution in [-0.2, 0) is 11.0 Å². The highest BCUT2D eigenvalue weighted by molar-refractivity contribution is 5.83. The highest BCUT2D eigenvalue weighted by Gasteiger charge is 2.45. The molecule has 3 aromatic rings. The molecule has 3 aromatic carbocycles. The van der Waals surface area contributed by atoms with Gasteiger partial charge in [0.1, 0.15) is 0 Å². The van der Waals surface area contributed by atoms with E-state index in [2.05, 4.69) is 66.7 Å². The fraction of sp³-hybridized carbons (Fsp3) is 0.360. The molecule has 1 saturated carbocycles. The fourth-order valence-electron chi connectivity index (χ4n) is 5.55. The minimum absolute atomic E-state index is 0.370. The summed E-state index contributed by atoms with van der Waals surface area (Å²) in [5.41, 5.74) is 11.3. The third kappa shape index (κ3) is 2.34. The van der Waals surface area contributed by atoms with Gasteiger partial charge in [-0.05, 0) is 64.6 Å². The Hall–Kier alpha value is -2.12. The van der Waals surface area contributed by atoms with E-state index in [4.69, 9.17) is 5.73 Å². The first-order valence-corrected chi connectivity index (χ1v) is 10.1. The molecule has 1 atom stereocenters. The van der Waals surface area contributed by atoms with Crippen molar-refractivity contribution in [3.8, 4) is 0 Å². The Bertz CT molecular complexity index is 951. The summed E-state index contributed by atoms with van der Waals surface area (Å²) in [4.78, 5) is 0. The molecule has 0 amide bonds. The van der Waals surface area contributed by atoms with Gasteiger partial charge < -0.3 is 5.73 Å². The summed E-state index contributed by atoms with van der Waals surface area (Å²) >= 11 is 0. The summed E-state index contributed by atoms with van der Waals surface area (Å²) in [6.45, 7) is 0. The van der Waals surface area contributed by atoms with E-state index in [1.807, 2.05) is 0 Å². The molecule has 1 fully saturated rings. The van der Waals surface area contributed by atoms with E-state index in [0.717, 1.165) is 6.42 Å². The molecule has 0 saturated heterocycles. The first-order valence-electron chi connectivity index (χ1n) is 10.1. The average molecular weight is 341 g/mol. The Morgan fingerprint density at radius 2 is 1.31 bits per heavy atom. The molecule has 5 rings (SSSR count). The third-order valence-corrected chi connectivity index (χ3v) is 7.05. The van der Waals surface area contributed by atoms with Gasteiger partial charge in [-0.3, -0.25) is 0 Å². The molecule has 1 unspecified atom stereocenters. The van der Waals surface area contributed by atoms with Crippen LogP contribution >= 0.6 is 0 Å². The van der Waals surface area contributed by atoms with E-state index >= 15 is 0 Å². The van der Waals surface area contributed by atoms with Crippen LogP contribution in [0.4, 0.5) is 0 Å². The molecule has 0 radical (unpaired) electrons. The van der Waals surface area contributed by atoms with Crippen molar-refractivity contribution in [1.82, 2.24) is 0 Å². The van der Waals surface area contributed by atoms with Crippen molar-refractivity contribution < 1.29 is 0 Å². The first-order chi connectivity index (χ1) is 12.7. The fourth-order valence-corrected chi connectivity index (χ4v) is 5.55. The lowest BCUT2D eigenvalue weighted by atomic mass is 9.57. The number of nitrogens with two attached hydrogens (primary N) is 1. The molecule has 132 valence electrons.